The van der Waals surface area contributed by atoms with E-state index in [1.807, 2.05) is 6.92 Å². The molecule has 1 heteroatoms. The van der Waals surface area contributed by atoms with Gasteiger partial charge in [0.05, 0.1) is 0 Å². The molecule has 2 bridgehead atoms. The molecule has 2 saturated carbocycles. The Balaban J connectivity index is 2.09. The Morgan fingerprint density at radius 2 is 2.31 bits per heavy atom. The summed E-state index contributed by atoms with van der Waals surface area (Å²) in [5.74, 6) is 2.52. The topological polar surface area (TPSA) is 17.1 Å². The van der Waals surface area contributed by atoms with Crippen LogP contribution in [0.1, 0.15) is 32.6 Å². The van der Waals surface area contributed by atoms with Crippen LogP contribution in [0.3, 0.4) is 0 Å². The zero-order valence-corrected chi connectivity index (χ0v) is 8.12. The fourth-order valence-corrected chi connectivity index (χ4v) is 4.22. The number of rotatable bonds is 1. The Hall–Kier alpha value is -0.590. The van der Waals surface area contributed by atoms with Crippen LogP contribution in [-0.4, -0.2) is 5.78 Å². The summed E-state index contributed by atoms with van der Waals surface area (Å²) >= 11 is 0. The first-order chi connectivity index (χ1) is 6.25. The highest BCUT2D eigenvalue weighted by atomic mass is 16.1. The maximum Gasteiger partial charge on any atom is 0.136 e. The van der Waals surface area contributed by atoms with Gasteiger partial charge in [0.25, 0.3) is 0 Å². The highest BCUT2D eigenvalue weighted by Crippen LogP contribution is 2.63. The average Bonchev–Trinajstić information content (AvgIpc) is 2.76. The molecule has 0 aromatic heterocycles. The molecule has 0 spiro atoms. The molecule has 0 aliphatic heterocycles. The largest absolute Gasteiger partial charge is 0.299 e. The lowest BCUT2D eigenvalue weighted by molar-refractivity contribution is -0.129. The SMILES string of the molecule is CC(=O)[C@]12CCC[C@@H]1[C@H]1C=C[C@@H]2C1. The first-order valence-corrected chi connectivity index (χ1v) is 5.44. The maximum absolute atomic E-state index is 11.8. The zero-order valence-electron chi connectivity index (χ0n) is 8.12. The minimum absolute atomic E-state index is 0.0966. The van der Waals surface area contributed by atoms with Gasteiger partial charge in [-0.3, -0.25) is 4.79 Å². The van der Waals surface area contributed by atoms with Gasteiger partial charge >= 0.3 is 0 Å². The van der Waals surface area contributed by atoms with Crippen LogP contribution in [0.25, 0.3) is 0 Å². The number of Topliss-reactive ketones (excluding diaryl/α,β-unsaturated/α-hetero) is 1. The van der Waals surface area contributed by atoms with E-state index in [1.54, 1.807) is 0 Å². The first kappa shape index (κ1) is 7.78. The van der Waals surface area contributed by atoms with E-state index in [0.29, 0.717) is 17.6 Å². The van der Waals surface area contributed by atoms with Crippen molar-refractivity contribution in [3.05, 3.63) is 12.2 Å². The van der Waals surface area contributed by atoms with Crippen LogP contribution in [-0.2, 0) is 4.79 Å². The molecule has 13 heavy (non-hydrogen) atoms. The van der Waals surface area contributed by atoms with E-state index in [4.69, 9.17) is 0 Å². The molecule has 0 heterocycles. The lowest BCUT2D eigenvalue weighted by Crippen LogP contribution is -2.36. The van der Waals surface area contributed by atoms with Crippen molar-refractivity contribution < 1.29 is 4.79 Å². The lowest BCUT2D eigenvalue weighted by atomic mass is 9.68. The molecular formula is C12H16O. The predicted octanol–water partition coefficient (Wildman–Crippen LogP) is 2.57. The standard InChI is InChI=1S/C12H16O/c1-8(13)12-6-2-3-11(12)9-4-5-10(12)7-9/h4-5,9-11H,2-3,6-7H2,1H3/t9-,10+,11+,12-/m0/s1. The van der Waals surface area contributed by atoms with Crippen LogP contribution in [0.15, 0.2) is 12.2 Å². The second kappa shape index (κ2) is 2.26. The molecular weight excluding hydrogens is 160 g/mol. The molecule has 1 nitrogen and oxygen atoms in total. The monoisotopic (exact) mass is 176 g/mol. The Bertz CT molecular complexity index is 291. The van der Waals surface area contributed by atoms with Gasteiger partial charge in [-0.2, -0.15) is 0 Å². The van der Waals surface area contributed by atoms with E-state index in [2.05, 4.69) is 12.2 Å². The third kappa shape index (κ3) is 0.722. The summed E-state index contributed by atoms with van der Waals surface area (Å²) in [4.78, 5) is 11.8. The second-order valence-corrected chi connectivity index (χ2v) is 4.99. The van der Waals surface area contributed by atoms with Crippen molar-refractivity contribution in [1.29, 1.82) is 0 Å². The Morgan fingerprint density at radius 1 is 1.46 bits per heavy atom. The highest BCUT2D eigenvalue weighted by molar-refractivity contribution is 5.84. The zero-order chi connectivity index (χ0) is 9.05. The van der Waals surface area contributed by atoms with Crippen molar-refractivity contribution in [2.45, 2.75) is 32.6 Å². The predicted molar refractivity (Wildman–Crippen MR) is 51.2 cm³/mol. The second-order valence-electron chi connectivity index (χ2n) is 4.99. The van der Waals surface area contributed by atoms with Crippen molar-refractivity contribution >= 4 is 5.78 Å². The number of carbonyl (C=O) groups excluding carboxylic acids is 1. The van der Waals surface area contributed by atoms with Gasteiger partial charge in [0.15, 0.2) is 0 Å². The molecule has 2 fully saturated rings. The number of hydrogen-bond donors (Lipinski definition) is 0. The van der Waals surface area contributed by atoms with Crippen molar-refractivity contribution in [3.63, 3.8) is 0 Å². The van der Waals surface area contributed by atoms with Gasteiger partial charge in [-0.25, -0.2) is 0 Å². The number of ketones is 1. The van der Waals surface area contributed by atoms with E-state index >= 15 is 0 Å². The molecule has 4 atom stereocenters. The van der Waals surface area contributed by atoms with Crippen LogP contribution < -0.4 is 0 Å². The molecule has 0 radical (unpaired) electrons. The molecule has 0 unspecified atom stereocenters. The van der Waals surface area contributed by atoms with E-state index in [0.717, 1.165) is 5.92 Å². The molecule has 0 saturated heterocycles. The minimum Gasteiger partial charge on any atom is -0.299 e. The molecule has 0 aromatic rings. The van der Waals surface area contributed by atoms with E-state index < -0.39 is 0 Å². The Morgan fingerprint density at radius 3 is 3.00 bits per heavy atom. The number of carbonyl (C=O) groups is 1. The minimum atomic E-state index is 0.0966. The third-order valence-electron chi connectivity index (χ3n) is 4.72. The van der Waals surface area contributed by atoms with Crippen LogP contribution in [0.2, 0.25) is 0 Å². The van der Waals surface area contributed by atoms with Gasteiger partial charge < -0.3 is 0 Å². The van der Waals surface area contributed by atoms with Crippen LogP contribution in [0, 0.1) is 23.2 Å². The fraction of sp³-hybridized carbons (Fsp3) is 0.750. The van der Waals surface area contributed by atoms with Crippen LogP contribution in [0.5, 0.6) is 0 Å². The summed E-state index contributed by atoms with van der Waals surface area (Å²) < 4.78 is 0. The number of allylic oxidation sites excluding steroid dienone is 2. The maximum atomic E-state index is 11.8. The van der Waals surface area contributed by atoms with Gasteiger partial charge in [-0.15, -0.1) is 0 Å². The first-order valence-electron chi connectivity index (χ1n) is 5.44. The van der Waals surface area contributed by atoms with Crippen LogP contribution in [0.4, 0.5) is 0 Å². The Labute approximate surface area is 79.2 Å². The van der Waals surface area contributed by atoms with Crippen molar-refractivity contribution in [2.75, 3.05) is 0 Å². The van der Waals surface area contributed by atoms with Gasteiger partial charge in [0.2, 0.25) is 0 Å². The number of hydrogen-bond acceptors (Lipinski definition) is 1. The summed E-state index contributed by atoms with van der Waals surface area (Å²) in [7, 11) is 0. The highest BCUT2D eigenvalue weighted by Gasteiger charge is 2.60. The van der Waals surface area contributed by atoms with Crippen LogP contribution >= 0.6 is 0 Å². The van der Waals surface area contributed by atoms with Gasteiger partial charge in [-0.05, 0) is 43.9 Å². The van der Waals surface area contributed by atoms with E-state index in [-0.39, 0.29) is 5.41 Å². The molecule has 3 aliphatic rings. The molecule has 3 rings (SSSR count). The summed E-state index contributed by atoms with van der Waals surface area (Å²) in [6.45, 7) is 1.81. The van der Waals surface area contributed by atoms with E-state index in [1.165, 1.54) is 25.7 Å². The molecule has 3 aliphatic carbocycles. The molecule has 0 amide bonds. The normalized spacial score (nSPS) is 51.3. The Kier molecular flexibility index (Phi) is 1.35. The molecule has 70 valence electrons. The van der Waals surface area contributed by atoms with Crippen molar-refractivity contribution in [3.8, 4) is 0 Å². The average molecular weight is 176 g/mol. The fourth-order valence-electron chi connectivity index (χ4n) is 4.22. The van der Waals surface area contributed by atoms with Gasteiger partial charge in [0.1, 0.15) is 5.78 Å². The summed E-state index contributed by atoms with van der Waals surface area (Å²) in [6.07, 6.45) is 9.68. The molecule has 0 aromatic carbocycles. The lowest BCUT2D eigenvalue weighted by Gasteiger charge is -2.34. The van der Waals surface area contributed by atoms with Gasteiger partial charge in [-0.1, -0.05) is 18.6 Å². The quantitative estimate of drug-likeness (QED) is 0.561. The van der Waals surface area contributed by atoms with Crippen molar-refractivity contribution in [1.82, 2.24) is 0 Å². The third-order valence-corrected chi connectivity index (χ3v) is 4.72. The van der Waals surface area contributed by atoms with Crippen molar-refractivity contribution in [2.24, 2.45) is 23.2 Å². The summed E-state index contributed by atoms with van der Waals surface area (Å²) in [6, 6.07) is 0. The summed E-state index contributed by atoms with van der Waals surface area (Å²) in [5.41, 5.74) is 0.0966. The summed E-state index contributed by atoms with van der Waals surface area (Å²) in [5, 5.41) is 0. The smallest absolute Gasteiger partial charge is 0.136 e. The molecule has 0 N–H and O–H groups in total. The van der Waals surface area contributed by atoms with Gasteiger partial charge in [0, 0.05) is 5.41 Å². The van der Waals surface area contributed by atoms with E-state index in [9.17, 15) is 4.79 Å². The number of fused-ring (bicyclic) bond motifs is 5.